The summed E-state index contributed by atoms with van der Waals surface area (Å²) < 4.78 is 0. The molecule has 17 heavy (non-hydrogen) atoms. The number of benzene rings is 1. The third-order valence-corrected chi connectivity index (χ3v) is 2.06. The Labute approximate surface area is 98.0 Å². The van der Waals surface area contributed by atoms with Gasteiger partial charge in [0.15, 0.2) is 0 Å². The van der Waals surface area contributed by atoms with E-state index in [0.29, 0.717) is 17.2 Å². The van der Waals surface area contributed by atoms with Crippen LogP contribution >= 0.6 is 0 Å². The van der Waals surface area contributed by atoms with E-state index in [-0.39, 0.29) is 5.69 Å². The summed E-state index contributed by atoms with van der Waals surface area (Å²) in [5.74, 6) is 0.298. The fourth-order valence-electron chi connectivity index (χ4n) is 1.29. The van der Waals surface area contributed by atoms with Crippen LogP contribution in [0.2, 0.25) is 0 Å². The van der Waals surface area contributed by atoms with E-state index in [4.69, 9.17) is 10.5 Å². The molecule has 1 aromatic heterocycles. The van der Waals surface area contributed by atoms with Gasteiger partial charge in [-0.25, -0.2) is 9.97 Å². The molecule has 1 aromatic carbocycles. The largest absolute Gasteiger partial charge is 0.323 e. The second-order valence-corrected chi connectivity index (χ2v) is 3.16. The zero-order valence-electron chi connectivity index (χ0n) is 8.75. The van der Waals surface area contributed by atoms with Gasteiger partial charge >= 0.3 is 0 Å². The first-order valence-electron chi connectivity index (χ1n) is 4.83. The van der Waals surface area contributed by atoms with Crippen LogP contribution in [0, 0.1) is 22.7 Å². The molecule has 0 bridgehead atoms. The highest BCUT2D eigenvalue weighted by molar-refractivity contribution is 5.62. The van der Waals surface area contributed by atoms with Crippen LogP contribution in [-0.4, -0.2) is 9.97 Å². The monoisotopic (exact) mass is 221 g/mol. The van der Waals surface area contributed by atoms with Crippen molar-refractivity contribution in [2.24, 2.45) is 0 Å². The summed E-state index contributed by atoms with van der Waals surface area (Å²) in [4.78, 5) is 7.94. The van der Waals surface area contributed by atoms with Crippen LogP contribution in [0.4, 0.5) is 11.6 Å². The number of nitrogens with zero attached hydrogens (tertiary/aromatic N) is 4. The van der Waals surface area contributed by atoms with Gasteiger partial charge in [-0.1, -0.05) is 12.1 Å². The number of para-hydroxylation sites is 1. The van der Waals surface area contributed by atoms with E-state index in [9.17, 15) is 0 Å². The zero-order chi connectivity index (χ0) is 12.1. The fraction of sp³-hybridized carbons (Fsp3) is 0. The van der Waals surface area contributed by atoms with Crippen molar-refractivity contribution in [3.63, 3.8) is 0 Å². The summed E-state index contributed by atoms with van der Waals surface area (Å²) in [6.45, 7) is 0. The smallest absolute Gasteiger partial charge is 0.228 e. The third-order valence-electron chi connectivity index (χ3n) is 2.06. The van der Waals surface area contributed by atoms with Gasteiger partial charge in [-0.05, 0) is 18.2 Å². The highest BCUT2D eigenvalue weighted by Gasteiger charge is 2.03. The minimum Gasteiger partial charge on any atom is -0.323 e. The van der Waals surface area contributed by atoms with Gasteiger partial charge in [-0.15, -0.1) is 0 Å². The standard InChI is InChI=1S/C12H7N5/c13-7-9-3-1-2-4-11(9)17-12-15-6-5-10(8-14)16-12/h1-6H,(H,15,16,17). The average molecular weight is 221 g/mol. The number of anilines is 2. The summed E-state index contributed by atoms with van der Waals surface area (Å²) in [6, 6.07) is 12.5. The van der Waals surface area contributed by atoms with Crippen molar-refractivity contribution in [1.82, 2.24) is 9.97 Å². The molecule has 2 rings (SSSR count). The van der Waals surface area contributed by atoms with Crippen molar-refractivity contribution in [1.29, 1.82) is 10.5 Å². The van der Waals surface area contributed by atoms with Crippen molar-refractivity contribution < 1.29 is 0 Å². The molecule has 5 heteroatoms. The molecule has 0 saturated heterocycles. The number of hydrogen-bond acceptors (Lipinski definition) is 5. The average Bonchev–Trinajstić information content (AvgIpc) is 2.39. The number of aromatic nitrogens is 2. The molecule has 80 valence electrons. The zero-order valence-corrected chi connectivity index (χ0v) is 8.75. The molecule has 2 aromatic rings. The molecular weight excluding hydrogens is 214 g/mol. The second kappa shape index (κ2) is 4.73. The molecule has 5 nitrogen and oxygen atoms in total. The first-order valence-corrected chi connectivity index (χ1v) is 4.83. The summed E-state index contributed by atoms with van der Waals surface area (Å²) in [5.41, 5.74) is 1.39. The van der Waals surface area contributed by atoms with Gasteiger partial charge in [0.1, 0.15) is 17.8 Å². The van der Waals surface area contributed by atoms with Gasteiger partial charge in [-0.3, -0.25) is 0 Å². The maximum atomic E-state index is 8.91. The molecular formula is C12H7N5. The lowest BCUT2D eigenvalue weighted by molar-refractivity contribution is 1.14. The van der Waals surface area contributed by atoms with Crippen molar-refractivity contribution in [2.75, 3.05) is 5.32 Å². The molecule has 1 N–H and O–H groups in total. The van der Waals surface area contributed by atoms with E-state index in [1.54, 1.807) is 24.3 Å². The van der Waals surface area contributed by atoms with Crippen molar-refractivity contribution in [3.05, 3.63) is 47.8 Å². The molecule has 0 aliphatic carbocycles. The Hall–Kier alpha value is -2.92. The fourth-order valence-corrected chi connectivity index (χ4v) is 1.29. The maximum absolute atomic E-state index is 8.91. The first kappa shape index (κ1) is 10.6. The predicted molar refractivity (Wildman–Crippen MR) is 61.2 cm³/mol. The quantitative estimate of drug-likeness (QED) is 0.837. The lowest BCUT2D eigenvalue weighted by atomic mass is 10.2. The van der Waals surface area contributed by atoms with Crippen molar-refractivity contribution in [2.45, 2.75) is 0 Å². The Kier molecular flexibility index (Phi) is 2.95. The van der Waals surface area contributed by atoms with Crippen LogP contribution in [0.15, 0.2) is 36.5 Å². The van der Waals surface area contributed by atoms with Crippen LogP contribution in [0.5, 0.6) is 0 Å². The number of nitriles is 2. The van der Waals surface area contributed by atoms with Crippen LogP contribution in [0.1, 0.15) is 11.3 Å². The molecule has 0 fully saturated rings. The van der Waals surface area contributed by atoms with Crippen molar-refractivity contribution in [3.8, 4) is 12.1 Å². The Balaban J connectivity index is 2.32. The molecule has 0 unspecified atom stereocenters. The number of hydrogen-bond donors (Lipinski definition) is 1. The van der Waals surface area contributed by atoms with E-state index < -0.39 is 0 Å². The summed E-state index contributed by atoms with van der Waals surface area (Å²) in [5, 5.41) is 20.5. The molecule has 0 aliphatic heterocycles. The van der Waals surface area contributed by atoms with Crippen LogP contribution < -0.4 is 5.32 Å². The molecule has 0 atom stereocenters. The van der Waals surface area contributed by atoms with Gasteiger partial charge in [0.2, 0.25) is 5.95 Å². The Morgan fingerprint density at radius 3 is 2.65 bits per heavy atom. The molecule has 1 heterocycles. The van der Waals surface area contributed by atoms with E-state index in [1.807, 2.05) is 6.07 Å². The predicted octanol–water partition coefficient (Wildman–Crippen LogP) is 1.96. The van der Waals surface area contributed by atoms with Crippen LogP contribution in [-0.2, 0) is 0 Å². The summed E-state index contributed by atoms with van der Waals surface area (Å²) in [7, 11) is 0. The topological polar surface area (TPSA) is 85.4 Å². The van der Waals surface area contributed by atoms with Gasteiger partial charge < -0.3 is 5.32 Å². The number of nitrogens with one attached hydrogen (secondary N) is 1. The Morgan fingerprint density at radius 1 is 1.06 bits per heavy atom. The summed E-state index contributed by atoms with van der Waals surface area (Å²) in [6.07, 6.45) is 1.49. The van der Waals surface area contributed by atoms with Gasteiger partial charge in [-0.2, -0.15) is 10.5 Å². The van der Waals surface area contributed by atoms with Crippen LogP contribution in [0.25, 0.3) is 0 Å². The maximum Gasteiger partial charge on any atom is 0.228 e. The Bertz CT molecular complexity index is 621. The third kappa shape index (κ3) is 2.36. The molecule has 0 aliphatic rings. The minimum absolute atomic E-state index is 0.275. The molecule has 0 saturated carbocycles. The normalized spacial score (nSPS) is 9.06. The van der Waals surface area contributed by atoms with E-state index in [0.717, 1.165) is 0 Å². The van der Waals surface area contributed by atoms with Crippen LogP contribution in [0.3, 0.4) is 0 Å². The molecule has 0 radical (unpaired) electrons. The highest BCUT2D eigenvalue weighted by atomic mass is 15.1. The van der Waals surface area contributed by atoms with Gasteiger partial charge in [0.25, 0.3) is 0 Å². The first-order chi connectivity index (χ1) is 8.33. The lowest BCUT2D eigenvalue weighted by Gasteiger charge is -2.05. The van der Waals surface area contributed by atoms with E-state index in [1.165, 1.54) is 12.3 Å². The second-order valence-electron chi connectivity index (χ2n) is 3.16. The van der Waals surface area contributed by atoms with E-state index in [2.05, 4.69) is 21.4 Å². The molecule has 0 amide bonds. The van der Waals surface area contributed by atoms with Gasteiger partial charge in [0.05, 0.1) is 11.3 Å². The van der Waals surface area contributed by atoms with E-state index >= 15 is 0 Å². The lowest BCUT2D eigenvalue weighted by Crippen LogP contribution is -1.99. The van der Waals surface area contributed by atoms with Gasteiger partial charge in [0, 0.05) is 6.20 Å². The van der Waals surface area contributed by atoms with Crippen molar-refractivity contribution >= 4 is 11.6 Å². The number of rotatable bonds is 2. The minimum atomic E-state index is 0.275. The highest BCUT2D eigenvalue weighted by Crippen LogP contribution is 2.17. The SMILES string of the molecule is N#Cc1ccnc(Nc2ccccc2C#N)n1. The molecule has 0 spiro atoms. The Morgan fingerprint density at radius 2 is 1.88 bits per heavy atom. The summed E-state index contributed by atoms with van der Waals surface area (Å²) >= 11 is 0.